The van der Waals surface area contributed by atoms with E-state index in [0.717, 1.165) is 19.3 Å². The molecule has 1 aliphatic rings. The average Bonchev–Trinajstić information content (AvgIpc) is 2.66. The number of Topliss-reactive ketones (excluding diaryl/α,β-unsaturated/α-hetero) is 1. The molecule has 28 heavy (non-hydrogen) atoms. The molecule has 1 saturated carbocycles. The summed E-state index contributed by atoms with van der Waals surface area (Å²) in [5, 5.41) is 14.2. The monoisotopic (exact) mass is 376 g/mol. The number of aromatic hydroxyl groups is 1. The lowest BCUT2D eigenvalue weighted by Crippen LogP contribution is -2.35. The maximum Gasteiger partial charge on any atom is 0.274 e. The van der Waals surface area contributed by atoms with Gasteiger partial charge >= 0.3 is 0 Å². The highest BCUT2D eigenvalue weighted by atomic mass is 16.5. The summed E-state index contributed by atoms with van der Waals surface area (Å²) in [6, 6.07) is 14.5. The highest BCUT2D eigenvalue weighted by Crippen LogP contribution is 2.31. The van der Waals surface area contributed by atoms with Gasteiger partial charge in [0.2, 0.25) is 0 Å². The number of para-hydroxylation sites is 1. The molecule has 0 saturated heterocycles. The largest absolute Gasteiger partial charge is 0.505 e. The molecule has 3 aromatic rings. The number of hydrogen-bond acceptors (Lipinski definition) is 5. The topological polar surface area (TPSA) is 88.5 Å². The Morgan fingerprint density at radius 2 is 1.89 bits per heavy atom. The number of fused-ring (bicyclic) bond motifs is 1. The third kappa shape index (κ3) is 3.67. The van der Waals surface area contributed by atoms with Gasteiger partial charge in [-0.3, -0.25) is 9.59 Å². The van der Waals surface area contributed by atoms with Crippen molar-refractivity contribution in [2.45, 2.75) is 19.3 Å². The predicted octanol–water partition coefficient (Wildman–Crippen LogP) is 3.83. The first-order valence-electron chi connectivity index (χ1n) is 9.27. The lowest BCUT2D eigenvalue weighted by molar-refractivity contribution is -0.124. The minimum Gasteiger partial charge on any atom is -0.505 e. The fraction of sp³-hybridized carbons (Fsp3) is 0.227. The number of carbonyl (C=O) groups is 2. The normalized spacial score (nSPS) is 13.7. The second-order valence-electron chi connectivity index (χ2n) is 6.90. The van der Waals surface area contributed by atoms with Crippen LogP contribution in [-0.2, 0) is 4.79 Å². The molecule has 6 heteroatoms. The van der Waals surface area contributed by atoms with Crippen LogP contribution in [0.3, 0.4) is 0 Å². The maximum absolute atomic E-state index is 12.3. The lowest BCUT2D eigenvalue weighted by Gasteiger charge is -2.23. The van der Waals surface area contributed by atoms with Crippen LogP contribution in [0.4, 0.5) is 0 Å². The fourth-order valence-corrected chi connectivity index (χ4v) is 3.17. The van der Waals surface area contributed by atoms with Crippen molar-refractivity contribution in [1.82, 2.24) is 10.3 Å². The number of amides is 1. The van der Waals surface area contributed by atoms with E-state index in [0.29, 0.717) is 22.3 Å². The van der Waals surface area contributed by atoms with Crippen molar-refractivity contribution < 1.29 is 19.4 Å². The van der Waals surface area contributed by atoms with Gasteiger partial charge in [0.15, 0.2) is 17.2 Å². The number of hydrogen-bond donors (Lipinski definition) is 2. The van der Waals surface area contributed by atoms with Crippen LogP contribution >= 0.6 is 0 Å². The standard InChI is InChI=1S/C22H20N2O4/c25-19(14-5-4-6-14)13-24-22(27)20-21(26)18-10-9-17(11-15(18)12-23-20)28-16-7-2-1-3-8-16/h1-3,7-12,14,26H,4-6,13H2,(H,24,27). The summed E-state index contributed by atoms with van der Waals surface area (Å²) in [5.74, 6) is 0.618. The second kappa shape index (κ2) is 7.68. The van der Waals surface area contributed by atoms with E-state index in [2.05, 4.69) is 10.3 Å². The van der Waals surface area contributed by atoms with Gasteiger partial charge in [-0.1, -0.05) is 24.6 Å². The Bertz CT molecular complexity index is 1030. The van der Waals surface area contributed by atoms with Crippen molar-refractivity contribution >= 4 is 22.5 Å². The SMILES string of the molecule is O=C(NCC(=O)C1CCC1)c1ncc2cc(Oc3ccccc3)ccc2c1O. The Labute approximate surface area is 162 Å². The smallest absolute Gasteiger partial charge is 0.274 e. The first-order chi connectivity index (χ1) is 13.6. The minimum absolute atomic E-state index is 0.0302. The molecule has 0 radical (unpaired) electrons. The van der Waals surface area contributed by atoms with Crippen LogP contribution in [-0.4, -0.2) is 28.3 Å². The summed E-state index contributed by atoms with van der Waals surface area (Å²) < 4.78 is 5.78. The summed E-state index contributed by atoms with van der Waals surface area (Å²) in [6.07, 6.45) is 4.35. The number of ether oxygens (including phenoxy) is 1. The number of pyridine rings is 1. The van der Waals surface area contributed by atoms with E-state index >= 15 is 0 Å². The Morgan fingerprint density at radius 3 is 2.61 bits per heavy atom. The van der Waals surface area contributed by atoms with Gasteiger partial charge in [-0.05, 0) is 43.2 Å². The highest BCUT2D eigenvalue weighted by molar-refractivity contribution is 6.03. The Hall–Kier alpha value is -3.41. The van der Waals surface area contributed by atoms with Gasteiger partial charge in [0, 0.05) is 22.9 Å². The molecule has 0 unspecified atom stereocenters. The first-order valence-corrected chi connectivity index (χ1v) is 9.27. The van der Waals surface area contributed by atoms with Crippen molar-refractivity contribution in [3.05, 3.63) is 60.4 Å². The van der Waals surface area contributed by atoms with Crippen molar-refractivity contribution in [2.24, 2.45) is 5.92 Å². The number of benzene rings is 2. The molecular formula is C22H20N2O4. The summed E-state index contributed by atoms with van der Waals surface area (Å²) in [5.41, 5.74) is -0.0920. The molecule has 0 spiro atoms. The van der Waals surface area contributed by atoms with Gasteiger partial charge in [-0.15, -0.1) is 0 Å². The number of aromatic nitrogens is 1. The molecule has 0 aliphatic heterocycles. The Balaban J connectivity index is 1.50. The first kappa shape index (κ1) is 18.0. The zero-order chi connectivity index (χ0) is 19.5. The van der Waals surface area contributed by atoms with Crippen LogP contribution in [0.2, 0.25) is 0 Å². The third-order valence-electron chi connectivity index (χ3n) is 5.01. The van der Waals surface area contributed by atoms with Crippen LogP contribution in [0.25, 0.3) is 10.8 Å². The molecule has 1 aromatic heterocycles. The molecule has 2 N–H and O–H groups in total. The average molecular weight is 376 g/mol. The molecule has 1 fully saturated rings. The number of carbonyl (C=O) groups excluding carboxylic acids is 2. The fourth-order valence-electron chi connectivity index (χ4n) is 3.17. The zero-order valence-electron chi connectivity index (χ0n) is 15.2. The molecule has 1 amide bonds. The van der Waals surface area contributed by atoms with E-state index in [1.54, 1.807) is 18.2 Å². The van der Waals surface area contributed by atoms with Gasteiger partial charge in [-0.2, -0.15) is 0 Å². The van der Waals surface area contributed by atoms with Gasteiger partial charge in [0.25, 0.3) is 5.91 Å². The molecule has 1 aliphatic carbocycles. The zero-order valence-corrected chi connectivity index (χ0v) is 15.2. The van der Waals surface area contributed by atoms with Crippen LogP contribution in [0.15, 0.2) is 54.7 Å². The van der Waals surface area contributed by atoms with E-state index < -0.39 is 5.91 Å². The van der Waals surface area contributed by atoms with Crippen molar-refractivity contribution in [3.8, 4) is 17.2 Å². The molecule has 0 atom stereocenters. The van der Waals surface area contributed by atoms with Crippen molar-refractivity contribution in [1.29, 1.82) is 0 Å². The summed E-state index contributed by atoms with van der Waals surface area (Å²) in [6.45, 7) is -0.0352. The summed E-state index contributed by atoms with van der Waals surface area (Å²) >= 11 is 0. The minimum atomic E-state index is -0.559. The lowest BCUT2D eigenvalue weighted by atomic mass is 9.82. The van der Waals surface area contributed by atoms with Crippen LogP contribution in [0.5, 0.6) is 17.2 Å². The third-order valence-corrected chi connectivity index (χ3v) is 5.01. The number of nitrogens with one attached hydrogen (secondary N) is 1. The van der Waals surface area contributed by atoms with Gasteiger partial charge in [-0.25, -0.2) is 4.98 Å². The van der Waals surface area contributed by atoms with E-state index in [1.807, 2.05) is 30.3 Å². The highest BCUT2D eigenvalue weighted by Gasteiger charge is 2.25. The van der Waals surface area contributed by atoms with E-state index in [-0.39, 0.29) is 29.7 Å². The summed E-state index contributed by atoms with van der Waals surface area (Å²) in [4.78, 5) is 28.4. The summed E-state index contributed by atoms with van der Waals surface area (Å²) in [7, 11) is 0. The van der Waals surface area contributed by atoms with E-state index in [9.17, 15) is 14.7 Å². The maximum atomic E-state index is 12.3. The van der Waals surface area contributed by atoms with Crippen molar-refractivity contribution in [3.63, 3.8) is 0 Å². The Kier molecular flexibility index (Phi) is 4.93. The molecule has 4 rings (SSSR count). The quantitative estimate of drug-likeness (QED) is 0.682. The number of nitrogens with zero attached hydrogens (tertiary/aromatic N) is 1. The second-order valence-corrected chi connectivity index (χ2v) is 6.90. The predicted molar refractivity (Wildman–Crippen MR) is 105 cm³/mol. The van der Waals surface area contributed by atoms with Gasteiger partial charge in [0.05, 0.1) is 6.54 Å². The van der Waals surface area contributed by atoms with Gasteiger partial charge in [0.1, 0.15) is 11.5 Å². The van der Waals surface area contributed by atoms with Crippen LogP contribution in [0.1, 0.15) is 29.8 Å². The molecule has 1 heterocycles. The van der Waals surface area contributed by atoms with E-state index in [1.165, 1.54) is 6.20 Å². The molecule has 2 aromatic carbocycles. The molecular weight excluding hydrogens is 356 g/mol. The molecule has 142 valence electrons. The molecule has 0 bridgehead atoms. The van der Waals surface area contributed by atoms with Crippen LogP contribution < -0.4 is 10.1 Å². The van der Waals surface area contributed by atoms with Crippen molar-refractivity contribution in [2.75, 3.05) is 6.54 Å². The number of rotatable bonds is 6. The van der Waals surface area contributed by atoms with E-state index in [4.69, 9.17) is 4.74 Å². The van der Waals surface area contributed by atoms with Crippen LogP contribution in [0, 0.1) is 5.92 Å². The Morgan fingerprint density at radius 1 is 1.11 bits per heavy atom. The number of ketones is 1. The van der Waals surface area contributed by atoms with Gasteiger partial charge < -0.3 is 15.2 Å². The molecule has 6 nitrogen and oxygen atoms in total.